The molecule has 0 aliphatic carbocycles. The highest BCUT2D eigenvalue weighted by Gasteiger charge is 2.14. The van der Waals surface area contributed by atoms with Gasteiger partial charge in [0.1, 0.15) is 6.42 Å². The molecule has 2 rings (SSSR count). The number of tetrazole rings is 1. The molecule has 0 atom stereocenters. The minimum Gasteiger partial charge on any atom is -0.466 e. The van der Waals surface area contributed by atoms with Gasteiger partial charge in [0.2, 0.25) is 0 Å². The van der Waals surface area contributed by atoms with Crippen LogP contribution in [0.1, 0.15) is 19.2 Å². The van der Waals surface area contributed by atoms with Crippen LogP contribution in [0.15, 0.2) is 30.3 Å². The highest BCUT2D eigenvalue weighted by Crippen LogP contribution is 2.08. The third-order valence-electron chi connectivity index (χ3n) is 2.49. The Balaban J connectivity index is 1.94. The Bertz CT molecular complexity index is 612. The lowest BCUT2D eigenvalue weighted by atomic mass is 10.3. The molecular weight excluding hydrogens is 276 g/mol. The number of hydrogen-bond acceptors (Lipinski definition) is 7. The number of esters is 2. The van der Waals surface area contributed by atoms with Crippen molar-refractivity contribution < 1.29 is 19.1 Å². The second-order valence-electron chi connectivity index (χ2n) is 3.98. The van der Waals surface area contributed by atoms with Crippen molar-refractivity contribution in [3.63, 3.8) is 0 Å². The summed E-state index contributed by atoms with van der Waals surface area (Å²) in [7, 11) is 0. The van der Waals surface area contributed by atoms with E-state index in [1.165, 1.54) is 4.68 Å². The first-order valence-corrected chi connectivity index (χ1v) is 6.34. The Morgan fingerprint density at radius 1 is 1.14 bits per heavy atom. The van der Waals surface area contributed by atoms with Crippen LogP contribution in [0.3, 0.4) is 0 Å². The van der Waals surface area contributed by atoms with Crippen LogP contribution in [-0.2, 0) is 25.7 Å². The summed E-state index contributed by atoms with van der Waals surface area (Å²) in [6.45, 7) is 1.76. The number of carbonyl (C=O) groups excluding carboxylic acids is 2. The van der Waals surface area contributed by atoms with Crippen LogP contribution >= 0.6 is 0 Å². The van der Waals surface area contributed by atoms with E-state index in [4.69, 9.17) is 4.74 Å². The van der Waals surface area contributed by atoms with Crippen molar-refractivity contribution in [3.05, 3.63) is 36.2 Å². The summed E-state index contributed by atoms with van der Waals surface area (Å²) >= 11 is 0. The Morgan fingerprint density at radius 2 is 1.86 bits per heavy atom. The van der Waals surface area contributed by atoms with Crippen LogP contribution in [-0.4, -0.2) is 38.8 Å². The molecule has 2 aromatic rings. The molecule has 0 aliphatic heterocycles. The van der Waals surface area contributed by atoms with E-state index in [-0.39, 0.29) is 13.2 Å². The molecule has 1 heterocycles. The fourth-order valence-corrected chi connectivity index (χ4v) is 1.59. The molecule has 0 aliphatic rings. The first kappa shape index (κ1) is 14.6. The number of nitrogens with zero attached hydrogens (tertiary/aromatic N) is 4. The van der Waals surface area contributed by atoms with E-state index in [0.717, 1.165) is 5.69 Å². The molecule has 8 nitrogen and oxygen atoms in total. The average Bonchev–Trinajstić information content (AvgIpc) is 2.94. The number of benzene rings is 1. The van der Waals surface area contributed by atoms with Crippen molar-refractivity contribution in [1.29, 1.82) is 0 Å². The Morgan fingerprint density at radius 3 is 2.57 bits per heavy atom. The minimum atomic E-state index is -0.684. The van der Waals surface area contributed by atoms with Crippen molar-refractivity contribution in [3.8, 4) is 5.69 Å². The third-order valence-corrected chi connectivity index (χ3v) is 2.49. The van der Waals surface area contributed by atoms with Gasteiger partial charge in [0, 0.05) is 0 Å². The maximum absolute atomic E-state index is 11.5. The van der Waals surface area contributed by atoms with Gasteiger partial charge in [-0.05, 0) is 29.5 Å². The van der Waals surface area contributed by atoms with E-state index >= 15 is 0 Å². The van der Waals surface area contributed by atoms with Gasteiger partial charge in [-0.25, -0.2) is 0 Å². The molecule has 0 radical (unpaired) electrons. The Kier molecular flexibility index (Phi) is 4.97. The number of aromatic nitrogens is 4. The van der Waals surface area contributed by atoms with Crippen molar-refractivity contribution in [2.24, 2.45) is 0 Å². The standard InChI is InChI=1S/C13H14N4O4/c1-2-20-12(18)8-13(19)21-9-11-14-15-16-17(11)10-6-4-3-5-7-10/h3-7H,2,8-9H2,1H3. The topological polar surface area (TPSA) is 96.2 Å². The summed E-state index contributed by atoms with van der Waals surface area (Å²) in [6.07, 6.45) is -0.430. The third kappa shape index (κ3) is 4.10. The average molecular weight is 290 g/mol. The lowest BCUT2D eigenvalue weighted by molar-refractivity contribution is -0.155. The van der Waals surface area contributed by atoms with Gasteiger partial charge in [-0.15, -0.1) is 5.10 Å². The van der Waals surface area contributed by atoms with Gasteiger partial charge >= 0.3 is 11.9 Å². The first-order chi connectivity index (χ1) is 10.2. The largest absolute Gasteiger partial charge is 0.466 e. The molecular formula is C13H14N4O4. The predicted octanol–water partition coefficient (Wildman–Crippen LogP) is 0.659. The second kappa shape index (κ2) is 7.13. The van der Waals surface area contributed by atoms with Gasteiger partial charge < -0.3 is 9.47 Å². The van der Waals surface area contributed by atoms with Crippen LogP contribution in [0, 0.1) is 0 Å². The maximum atomic E-state index is 11.5. The smallest absolute Gasteiger partial charge is 0.317 e. The summed E-state index contributed by atoms with van der Waals surface area (Å²) in [5, 5.41) is 11.2. The molecule has 0 amide bonds. The Labute approximate surface area is 120 Å². The van der Waals surface area contributed by atoms with Gasteiger partial charge in [0.05, 0.1) is 12.3 Å². The molecule has 21 heavy (non-hydrogen) atoms. The summed E-state index contributed by atoms with van der Waals surface area (Å²) in [5.74, 6) is -0.945. The molecule has 1 aromatic carbocycles. The van der Waals surface area contributed by atoms with Crippen LogP contribution in [0.25, 0.3) is 5.69 Å². The number of hydrogen-bond donors (Lipinski definition) is 0. The van der Waals surface area contributed by atoms with Gasteiger partial charge in [0.15, 0.2) is 12.4 Å². The normalized spacial score (nSPS) is 10.1. The second-order valence-corrected chi connectivity index (χ2v) is 3.98. The highest BCUT2D eigenvalue weighted by molar-refractivity contribution is 5.91. The zero-order valence-electron chi connectivity index (χ0n) is 11.4. The van der Waals surface area contributed by atoms with Crippen LogP contribution in [0.5, 0.6) is 0 Å². The fourth-order valence-electron chi connectivity index (χ4n) is 1.59. The molecule has 110 valence electrons. The van der Waals surface area contributed by atoms with E-state index in [0.29, 0.717) is 5.82 Å². The fraction of sp³-hybridized carbons (Fsp3) is 0.308. The molecule has 8 heteroatoms. The van der Waals surface area contributed by atoms with Crippen molar-refractivity contribution in [1.82, 2.24) is 20.2 Å². The summed E-state index contributed by atoms with van der Waals surface area (Å²) in [4.78, 5) is 22.6. The molecule has 0 spiro atoms. The SMILES string of the molecule is CCOC(=O)CC(=O)OCc1nnnn1-c1ccccc1. The van der Waals surface area contributed by atoms with Gasteiger partial charge in [-0.3, -0.25) is 9.59 Å². The van der Waals surface area contributed by atoms with Crippen LogP contribution in [0.2, 0.25) is 0 Å². The summed E-state index contributed by atoms with van der Waals surface area (Å²) < 4.78 is 11.1. The lowest BCUT2D eigenvalue weighted by Gasteiger charge is -2.05. The zero-order chi connectivity index (χ0) is 15.1. The Hall–Kier alpha value is -2.77. The van der Waals surface area contributed by atoms with Crippen molar-refractivity contribution in [2.45, 2.75) is 20.0 Å². The molecule has 0 fully saturated rings. The monoisotopic (exact) mass is 290 g/mol. The quantitative estimate of drug-likeness (QED) is 0.569. The predicted molar refractivity (Wildman–Crippen MR) is 70.2 cm³/mol. The highest BCUT2D eigenvalue weighted by atomic mass is 16.6. The molecule has 0 bridgehead atoms. The van der Waals surface area contributed by atoms with E-state index in [9.17, 15) is 9.59 Å². The van der Waals surface area contributed by atoms with Crippen LogP contribution in [0.4, 0.5) is 0 Å². The van der Waals surface area contributed by atoms with Crippen LogP contribution < -0.4 is 0 Å². The molecule has 0 saturated heterocycles. The van der Waals surface area contributed by atoms with E-state index in [2.05, 4.69) is 20.3 Å². The molecule has 1 aromatic heterocycles. The van der Waals surface area contributed by atoms with Crippen molar-refractivity contribution >= 4 is 11.9 Å². The van der Waals surface area contributed by atoms with Gasteiger partial charge in [-0.2, -0.15) is 4.68 Å². The number of carbonyl (C=O) groups is 2. The molecule has 0 unspecified atom stereocenters. The number of ether oxygens (including phenoxy) is 2. The zero-order valence-corrected chi connectivity index (χ0v) is 11.4. The number of para-hydroxylation sites is 1. The van der Waals surface area contributed by atoms with E-state index in [1.54, 1.807) is 6.92 Å². The summed E-state index contributed by atoms with van der Waals surface area (Å²) in [6, 6.07) is 9.19. The molecule has 0 N–H and O–H groups in total. The number of rotatable bonds is 6. The summed E-state index contributed by atoms with van der Waals surface area (Å²) in [5.41, 5.74) is 0.749. The maximum Gasteiger partial charge on any atom is 0.317 e. The first-order valence-electron chi connectivity index (χ1n) is 6.34. The van der Waals surface area contributed by atoms with E-state index < -0.39 is 18.4 Å². The van der Waals surface area contributed by atoms with Gasteiger partial charge in [0.25, 0.3) is 0 Å². The van der Waals surface area contributed by atoms with E-state index in [1.807, 2.05) is 30.3 Å². The van der Waals surface area contributed by atoms with Gasteiger partial charge in [-0.1, -0.05) is 18.2 Å². The minimum absolute atomic E-state index is 0.125. The molecule has 0 saturated carbocycles. The van der Waals surface area contributed by atoms with Crippen molar-refractivity contribution in [2.75, 3.05) is 6.61 Å². The lowest BCUT2D eigenvalue weighted by Crippen LogP contribution is -2.15.